The van der Waals surface area contributed by atoms with Gasteiger partial charge in [0, 0.05) is 25.6 Å². The smallest absolute Gasteiger partial charge is 0.223 e. The second-order valence-electron chi connectivity index (χ2n) is 5.99. The molecule has 5 nitrogen and oxygen atoms in total. The van der Waals surface area contributed by atoms with E-state index in [2.05, 4.69) is 10.2 Å². The van der Waals surface area contributed by atoms with Crippen LogP contribution in [-0.4, -0.2) is 56.7 Å². The number of carbonyl (C=O) groups is 1. The van der Waals surface area contributed by atoms with Crippen molar-refractivity contribution in [2.45, 2.75) is 32.1 Å². The van der Waals surface area contributed by atoms with Gasteiger partial charge in [0.1, 0.15) is 0 Å². The van der Waals surface area contributed by atoms with Gasteiger partial charge < -0.3 is 15.8 Å². The first-order valence-electron chi connectivity index (χ1n) is 8.09. The number of hydrogen-bond acceptors (Lipinski definition) is 4. The molecule has 2 aliphatic rings. The number of nitrogens with one attached hydrogen (secondary N) is 1. The molecule has 1 saturated heterocycles. The minimum atomic E-state index is 0.150. The van der Waals surface area contributed by atoms with Gasteiger partial charge in [-0.05, 0) is 38.3 Å². The lowest BCUT2D eigenvalue weighted by Gasteiger charge is -2.30. The number of nitrogens with two attached hydrogens (primary N) is 1. The molecule has 20 heavy (non-hydrogen) atoms. The molecule has 1 amide bonds. The molecule has 1 saturated carbocycles. The lowest BCUT2D eigenvalue weighted by Crippen LogP contribution is -2.41. The van der Waals surface area contributed by atoms with Gasteiger partial charge in [0.15, 0.2) is 0 Å². The maximum absolute atomic E-state index is 12.2. The lowest BCUT2D eigenvalue weighted by molar-refractivity contribution is -0.127. The molecule has 3 N–H and O–H groups in total. The normalized spacial score (nSPS) is 28.2. The van der Waals surface area contributed by atoms with Crippen LogP contribution in [0, 0.1) is 11.8 Å². The molecule has 0 aromatic carbocycles. The minimum Gasteiger partial charge on any atom is -0.379 e. The molecule has 0 bridgehead atoms. The average Bonchev–Trinajstić information content (AvgIpc) is 2.52. The molecule has 1 heterocycles. The first kappa shape index (κ1) is 15.7. The standard InChI is InChI=1S/C15H29N3O2/c16-12-13-4-1-2-5-14(13)15(19)17-6-3-7-18-8-10-20-11-9-18/h13-14H,1-12,16H2,(H,17,19). The Bertz CT molecular complexity index is 293. The van der Waals surface area contributed by atoms with Crippen LogP contribution in [-0.2, 0) is 9.53 Å². The topological polar surface area (TPSA) is 67.6 Å². The van der Waals surface area contributed by atoms with E-state index in [1.165, 1.54) is 12.8 Å². The van der Waals surface area contributed by atoms with Gasteiger partial charge in [-0.3, -0.25) is 9.69 Å². The Balaban J connectivity index is 1.61. The van der Waals surface area contributed by atoms with Crippen molar-refractivity contribution in [1.29, 1.82) is 0 Å². The summed E-state index contributed by atoms with van der Waals surface area (Å²) in [4.78, 5) is 14.6. The number of amides is 1. The lowest BCUT2D eigenvalue weighted by atomic mass is 9.79. The number of rotatable bonds is 6. The van der Waals surface area contributed by atoms with Crippen molar-refractivity contribution in [3.63, 3.8) is 0 Å². The summed E-state index contributed by atoms with van der Waals surface area (Å²) >= 11 is 0. The number of ether oxygens (including phenoxy) is 1. The van der Waals surface area contributed by atoms with E-state index in [1.54, 1.807) is 0 Å². The van der Waals surface area contributed by atoms with Gasteiger partial charge in [0.25, 0.3) is 0 Å². The third-order valence-electron chi connectivity index (χ3n) is 4.60. The Morgan fingerprint density at radius 2 is 2.00 bits per heavy atom. The third kappa shape index (κ3) is 4.72. The van der Waals surface area contributed by atoms with Crippen molar-refractivity contribution in [2.75, 3.05) is 45.9 Å². The van der Waals surface area contributed by atoms with Gasteiger partial charge in [-0.2, -0.15) is 0 Å². The van der Waals surface area contributed by atoms with Gasteiger partial charge in [0.05, 0.1) is 13.2 Å². The Morgan fingerprint density at radius 3 is 2.75 bits per heavy atom. The fraction of sp³-hybridized carbons (Fsp3) is 0.933. The van der Waals surface area contributed by atoms with E-state index in [9.17, 15) is 4.79 Å². The van der Waals surface area contributed by atoms with Crippen molar-refractivity contribution in [3.05, 3.63) is 0 Å². The molecule has 1 aliphatic heterocycles. The van der Waals surface area contributed by atoms with Crippen molar-refractivity contribution >= 4 is 5.91 Å². The highest BCUT2D eigenvalue weighted by Crippen LogP contribution is 2.29. The molecular weight excluding hydrogens is 254 g/mol. The summed E-state index contributed by atoms with van der Waals surface area (Å²) in [5.74, 6) is 0.766. The van der Waals surface area contributed by atoms with Crippen LogP contribution >= 0.6 is 0 Å². The summed E-state index contributed by atoms with van der Waals surface area (Å²) in [5.41, 5.74) is 5.79. The molecule has 0 aromatic heterocycles. The zero-order valence-electron chi connectivity index (χ0n) is 12.5. The monoisotopic (exact) mass is 283 g/mol. The van der Waals surface area contributed by atoms with Gasteiger partial charge in [-0.15, -0.1) is 0 Å². The molecule has 2 atom stereocenters. The van der Waals surface area contributed by atoms with Gasteiger partial charge in [-0.1, -0.05) is 12.8 Å². The predicted octanol–water partition coefficient (Wildman–Crippen LogP) is 0.590. The molecule has 2 fully saturated rings. The Hall–Kier alpha value is -0.650. The van der Waals surface area contributed by atoms with Crippen molar-refractivity contribution in [2.24, 2.45) is 17.6 Å². The van der Waals surface area contributed by atoms with Gasteiger partial charge >= 0.3 is 0 Å². The number of nitrogens with zero attached hydrogens (tertiary/aromatic N) is 1. The number of carbonyl (C=O) groups excluding carboxylic acids is 1. The highest BCUT2D eigenvalue weighted by atomic mass is 16.5. The van der Waals surface area contributed by atoms with Gasteiger partial charge in [0.2, 0.25) is 5.91 Å². The zero-order chi connectivity index (χ0) is 14.2. The molecule has 0 spiro atoms. The number of morpholine rings is 1. The molecule has 1 aliphatic carbocycles. The third-order valence-corrected chi connectivity index (χ3v) is 4.60. The highest BCUT2D eigenvalue weighted by Gasteiger charge is 2.29. The molecule has 0 radical (unpaired) electrons. The highest BCUT2D eigenvalue weighted by molar-refractivity contribution is 5.79. The summed E-state index contributed by atoms with van der Waals surface area (Å²) in [6.07, 6.45) is 5.54. The quantitative estimate of drug-likeness (QED) is 0.700. The Kier molecular flexibility index (Phi) is 6.76. The van der Waals surface area contributed by atoms with Crippen LogP contribution in [0.3, 0.4) is 0 Å². The SMILES string of the molecule is NCC1CCCCC1C(=O)NCCCN1CCOCC1. The Labute approximate surface area is 122 Å². The van der Waals surface area contributed by atoms with Crippen molar-refractivity contribution in [3.8, 4) is 0 Å². The maximum atomic E-state index is 12.2. The minimum absolute atomic E-state index is 0.150. The summed E-state index contributed by atoms with van der Waals surface area (Å²) in [6, 6.07) is 0. The first-order chi connectivity index (χ1) is 9.81. The van der Waals surface area contributed by atoms with Crippen LogP contribution in [0.1, 0.15) is 32.1 Å². The summed E-state index contributed by atoms with van der Waals surface area (Å²) in [5, 5.41) is 3.10. The second-order valence-corrected chi connectivity index (χ2v) is 5.99. The molecule has 2 rings (SSSR count). The van der Waals surface area contributed by atoms with E-state index in [4.69, 9.17) is 10.5 Å². The summed E-state index contributed by atoms with van der Waals surface area (Å²) in [6.45, 7) is 6.20. The second kappa shape index (κ2) is 8.60. The maximum Gasteiger partial charge on any atom is 0.223 e. The fourth-order valence-corrected chi connectivity index (χ4v) is 3.31. The molecule has 116 valence electrons. The fourth-order valence-electron chi connectivity index (χ4n) is 3.31. The van der Waals surface area contributed by atoms with E-state index >= 15 is 0 Å². The van der Waals surface area contributed by atoms with Crippen LogP contribution in [0.2, 0.25) is 0 Å². The zero-order valence-corrected chi connectivity index (χ0v) is 12.5. The average molecular weight is 283 g/mol. The molecule has 5 heteroatoms. The van der Waals surface area contributed by atoms with Crippen LogP contribution in [0.25, 0.3) is 0 Å². The van der Waals surface area contributed by atoms with Gasteiger partial charge in [-0.25, -0.2) is 0 Å². The van der Waals surface area contributed by atoms with Crippen LogP contribution < -0.4 is 11.1 Å². The molecule has 0 aromatic rings. The van der Waals surface area contributed by atoms with E-state index in [0.717, 1.165) is 58.7 Å². The van der Waals surface area contributed by atoms with E-state index in [0.29, 0.717) is 12.5 Å². The summed E-state index contributed by atoms with van der Waals surface area (Å²) in [7, 11) is 0. The van der Waals surface area contributed by atoms with Crippen LogP contribution in [0.4, 0.5) is 0 Å². The van der Waals surface area contributed by atoms with Crippen LogP contribution in [0.15, 0.2) is 0 Å². The largest absolute Gasteiger partial charge is 0.379 e. The van der Waals surface area contributed by atoms with E-state index in [-0.39, 0.29) is 11.8 Å². The Morgan fingerprint density at radius 1 is 1.25 bits per heavy atom. The van der Waals surface area contributed by atoms with Crippen molar-refractivity contribution < 1.29 is 9.53 Å². The first-order valence-corrected chi connectivity index (χ1v) is 8.09. The van der Waals surface area contributed by atoms with E-state index in [1.807, 2.05) is 0 Å². The summed E-state index contributed by atoms with van der Waals surface area (Å²) < 4.78 is 5.32. The van der Waals surface area contributed by atoms with Crippen molar-refractivity contribution in [1.82, 2.24) is 10.2 Å². The van der Waals surface area contributed by atoms with Crippen LogP contribution in [0.5, 0.6) is 0 Å². The number of hydrogen-bond donors (Lipinski definition) is 2. The molecule has 2 unspecified atom stereocenters. The van der Waals surface area contributed by atoms with E-state index < -0.39 is 0 Å². The molecular formula is C15H29N3O2. The predicted molar refractivity (Wildman–Crippen MR) is 79.4 cm³/mol.